The highest BCUT2D eigenvalue weighted by Gasteiger charge is 2.14. The van der Waals surface area contributed by atoms with Gasteiger partial charge in [-0.2, -0.15) is 0 Å². The van der Waals surface area contributed by atoms with Crippen molar-refractivity contribution in [2.75, 3.05) is 13.2 Å². The van der Waals surface area contributed by atoms with Crippen LogP contribution in [0.3, 0.4) is 0 Å². The van der Waals surface area contributed by atoms with Gasteiger partial charge in [-0.3, -0.25) is 0 Å². The van der Waals surface area contributed by atoms with Crippen LogP contribution in [0.5, 0.6) is 0 Å². The van der Waals surface area contributed by atoms with E-state index in [0.29, 0.717) is 24.4 Å². The summed E-state index contributed by atoms with van der Waals surface area (Å²) in [4.78, 5) is 0. The molecule has 0 saturated heterocycles. The third-order valence-electron chi connectivity index (χ3n) is 2.52. The first-order chi connectivity index (χ1) is 8.43. The predicted molar refractivity (Wildman–Crippen MR) is 67.4 cm³/mol. The summed E-state index contributed by atoms with van der Waals surface area (Å²) in [6, 6.07) is 1.60. The quantitative estimate of drug-likeness (QED) is 0.685. The van der Waals surface area contributed by atoms with E-state index in [9.17, 15) is 8.42 Å². The molecule has 0 bridgehead atoms. The lowest BCUT2D eigenvalue weighted by Gasteiger charge is -2.08. The molecule has 0 aromatic carbocycles. The number of nitrogens with zero attached hydrogens (tertiary/aromatic N) is 1. The van der Waals surface area contributed by atoms with Crippen molar-refractivity contribution in [3.63, 3.8) is 0 Å². The Kier molecular flexibility index (Phi) is 5.77. The largest absolute Gasteiger partial charge is 0.396 e. The molecule has 1 atom stereocenters. The fraction of sp³-hybridized carbons (Fsp3) is 0.727. The van der Waals surface area contributed by atoms with Crippen molar-refractivity contribution >= 4 is 10.0 Å². The Hall–Kier alpha value is -0.920. The molecular formula is C11H20N2O4S. The first-order valence-corrected chi connectivity index (χ1v) is 7.58. The Morgan fingerprint density at radius 3 is 2.83 bits per heavy atom. The summed E-state index contributed by atoms with van der Waals surface area (Å²) in [5.74, 6) is 0.629. The van der Waals surface area contributed by atoms with Crippen molar-refractivity contribution < 1.29 is 18.0 Å². The number of hydrogen-bond donors (Lipinski definition) is 2. The van der Waals surface area contributed by atoms with Crippen LogP contribution in [0.4, 0.5) is 0 Å². The van der Waals surface area contributed by atoms with Crippen LogP contribution in [0.1, 0.15) is 31.2 Å². The third-order valence-corrected chi connectivity index (χ3v) is 3.84. The van der Waals surface area contributed by atoms with E-state index in [-0.39, 0.29) is 18.3 Å². The summed E-state index contributed by atoms with van der Waals surface area (Å²) in [7, 11) is -3.36. The summed E-state index contributed by atoms with van der Waals surface area (Å²) in [5.41, 5.74) is 0.406. The number of aryl methyl sites for hydroxylation is 1. The molecule has 0 saturated carbocycles. The van der Waals surface area contributed by atoms with Crippen molar-refractivity contribution in [3.8, 4) is 0 Å². The minimum Gasteiger partial charge on any atom is -0.396 e. The highest BCUT2D eigenvalue weighted by molar-refractivity contribution is 7.88. The maximum atomic E-state index is 11.7. The minimum absolute atomic E-state index is 0.130. The predicted octanol–water partition coefficient (Wildman–Crippen LogP) is 0.811. The average molecular weight is 276 g/mol. The van der Waals surface area contributed by atoms with E-state index in [1.165, 1.54) is 0 Å². The van der Waals surface area contributed by atoms with Gasteiger partial charge < -0.3 is 9.63 Å². The first kappa shape index (κ1) is 15.1. The third kappa shape index (κ3) is 5.61. The summed E-state index contributed by atoms with van der Waals surface area (Å²) >= 11 is 0. The fourth-order valence-corrected chi connectivity index (χ4v) is 2.58. The van der Waals surface area contributed by atoms with E-state index in [4.69, 9.17) is 9.63 Å². The first-order valence-electron chi connectivity index (χ1n) is 5.93. The van der Waals surface area contributed by atoms with Crippen molar-refractivity contribution in [1.82, 2.24) is 9.88 Å². The van der Waals surface area contributed by atoms with Gasteiger partial charge in [0.15, 0.2) is 0 Å². The molecule has 1 rings (SSSR count). The zero-order valence-electron chi connectivity index (χ0n) is 10.7. The lowest BCUT2D eigenvalue weighted by Crippen LogP contribution is -2.26. The molecule has 6 nitrogen and oxygen atoms in total. The van der Waals surface area contributed by atoms with Gasteiger partial charge in [-0.05, 0) is 25.7 Å². The monoisotopic (exact) mass is 276 g/mol. The Morgan fingerprint density at radius 1 is 1.56 bits per heavy atom. The number of aliphatic hydroxyl groups is 1. The van der Waals surface area contributed by atoms with E-state index in [1.54, 1.807) is 13.0 Å². The molecule has 0 amide bonds. The minimum atomic E-state index is -3.36. The van der Waals surface area contributed by atoms with Gasteiger partial charge in [0.05, 0.1) is 0 Å². The number of rotatable bonds is 8. The topological polar surface area (TPSA) is 92.4 Å². The Bertz CT molecular complexity index is 455. The number of nitrogens with one attached hydrogen (secondary N) is 1. The molecule has 1 heterocycles. The molecule has 1 unspecified atom stereocenters. The van der Waals surface area contributed by atoms with E-state index in [1.807, 2.05) is 6.92 Å². The number of aromatic nitrogens is 1. The molecule has 2 N–H and O–H groups in total. The molecular weight excluding hydrogens is 256 g/mol. The van der Waals surface area contributed by atoms with Gasteiger partial charge in [-0.25, -0.2) is 13.1 Å². The summed E-state index contributed by atoms with van der Waals surface area (Å²) in [6.45, 7) is 4.15. The highest BCUT2D eigenvalue weighted by atomic mass is 32.2. The number of hydrogen-bond acceptors (Lipinski definition) is 5. The average Bonchev–Trinajstić information content (AvgIpc) is 2.69. The van der Waals surface area contributed by atoms with Crippen LogP contribution in [-0.4, -0.2) is 31.8 Å². The second-order valence-electron chi connectivity index (χ2n) is 4.51. The molecule has 0 aliphatic rings. The summed E-state index contributed by atoms with van der Waals surface area (Å²) in [6.07, 6.45) is 1.50. The van der Waals surface area contributed by atoms with Gasteiger partial charge >= 0.3 is 0 Å². The van der Waals surface area contributed by atoms with Gasteiger partial charge in [-0.1, -0.05) is 12.1 Å². The molecule has 7 heteroatoms. The van der Waals surface area contributed by atoms with Crippen LogP contribution in [0, 0.1) is 12.8 Å². The Balaban J connectivity index is 2.32. The van der Waals surface area contributed by atoms with Gasteiger partial charge in [-0.15, -0.1) is 0 Å². The Morgan fingerprint density at radius 2 is 2.28 bits per heavy atom. The van der Waals surface area contributed by atoms with Gasteiger partial charge in [0.1, 0.15) is 17.2 Å². The van der Waals surface area contributed by atoms with Crippen LogP contribution in [-0.2, 0) is 15.8 Å². The smallest absolute Gasteiger partial charge is 0.217 e. The maximum Gasteiger partial charge on any atom is 0.217 e. The van der Waals surface area contributed by atoms with E-state index < -0.39 is 10.0 Å². The zero-order valence-corrected chi connectivity index (χ0v) is 11.5. The van der Waals surface area contributed by atoms with Crippen molar-refractivity contribution in [3.05, 3.63) is 17.5 Å². The van der Waals surface area contributed by atoms with Crippen LogP contribution in [0.15, 0.2) is 10.6 Å². The van der Waals surface area contributed by atoms with E-state index in [2.05, 4.69) is 9.88 Å². The zero-order chi connectivity index (χ0) is 13.6. The maximum absolute atomic E-state index is 11.7. The highest BCUT2D eigenvalue weighted by Crippen LogP contribution is 2.07. The van der Waals surface area contributed by atoms with Crippen LogP contribution in [0.25, 0.3) is 0 Å². The SMILES string of the molecule is Cc1cc(CS(=O)(=O)NCCCC(C)CO)no1. The van der Waals surface area contributed by atoms with Gasteiger partial charge in [0, 0.05) is 19.2 Å². The van der Waals surface area contributed by atoms with Crippen LogP contribution in [0.2, 0.25) is 0 Å². The summed E-state index contributed by atoms with van der Waals surface area (Å²) in [5, 5.41) is 12.5. The normalized spacial score (nSPS) is 13.7. The standard InChI is InChI=1S/C11H20N2O4S/c1-9(7-14)4-3-5-12-18(15,16)8-11-6-10(2)17-13-11/h6,9,12,14H,3-5,7-8H2,1-2H3. The molecule has 0 radical (unpaired) electrons. The van der Waals surface area contributed by atoms with Gasteiger partial charge in [0.25, 0.3) is 0 Å². The second kappa shape index (κ2) is 6.86. The summed E-state index contributed by atoms with van der Waals surface area (Å²) < 4.78 is 30.7. The number of sulfonamides is 1. The Labute approximate surface area is 107 Å². The molecule has 0 spiro atoms. The molecule has 104 valence electrons. The van der Waals surface area contributed by atoms with Crippen molar-refractivity contribution in [2.45, 2.75) is 32.4 Å². The van der Waals surface area contributed by atoms with Gasteiger partial charge in [0.2, 0.25) is 10.0 Å². The van der Waals surface area contributed by atoms with E-state index >= 15 is 0 Å². The van der Waals surface area contributed by atoms with Crippen LogP contribution >= 0.6 is 0 Å². The van der Waals surface area contributed by atoms with E-state index in [0.717, 1.165) is 6.42 Å². The lowest BCUT2D eigenvalue weighted by molar-refractivity contribution is 0.228. The number of aliphatic hydroxyl groups excluding tert-OH is 1. The lowest BCUT2D eigenvalue weighted by atomic mass is 10.1. The molecule has 18 heavy (non-hydrogen) atoms. The van der Waals surface area contributed by atoms with Crippen LogP contribution < -0.4 is 4.72 Å². The molecule has 0 fully saturated rings. The molecule has 0 aliphatic carbocycles. The fourth-order valence-electron chi connectivity index (χ4n) is 1.50. The molecule has 0 aliphatic heterocycles. The van der Waals surface area contributed by atoms with Crippen molar-refractivity contribution in [2.24, 2.45) is 5.92 Å². The molecule has 1 aromatic heterocycles. The molecule has 1 aromatic rings. The second-order valence-corrected chi connectivity index (χ2v) is 6.32. The van der Waals surface area contributed by atoms with Crippen molar-refractivity contribution in [1.29, 1.82) is 0 Å².